The predicted molar refractivity (Wildman–Crippen MR) is 87.5 cm³/mol. The molecule has 2 heteroatoms. The third-order valence-electron chi connectivity index (χ3n) is 4.48. The fraction of sp³-hybridized carbons (Fsp3) is 0.529. The molecule has 0 unspecified atom stereocenters. The van der Waals surface area contributed by atoms with Gasteiger partial charge in [0.2, 0.25) is 0 Å². The van der Waals surface area contributed by atoms with Crippen molar-refractivity contribution in [1.29, 1.82) is 0 Å². The standard InChI is InChI=1S/C17H22S2/c1-3-5-9-17(10-6-4-2)13-7-11-18-15(13)16-14(17)8-12-19-16/h7-8,11-12H,3-6,9-10H2,1-2H3. The predicted octanol–water partition coefficient (Wildman–Crippen LogP) is 6.46. The van der Waals surface area contributed by atoms with Crippen molar-refractivity contribution >= 4 is 22.7 Å². The van der Waals surface area contributed by atoms with Crippen molar-refractivity contribution in [2.24, 2.45) is 0 Å². The first-order valence-electron chi connectivity index (χ1n) is 7.49. The molecule has 0 radical (unpaired) electrons. The van der Waals surface area contributed by atoms with Gasteiger partial charge < -0.3 is 0 Å². The molecule has 1 aliphatic rings. The number of thiophene rings is 2. The molecule has 102 valence electrons. The number of fused-ring (bicyclic) bond motifs is 3. The summed E-state index contributed by atoms with van der Waals surface area (Å²) in [6.45, 7) is 4.62. The Bertz CT molecular complexity index is 497. The number of hydrogen-bond donors (Lipinski definition) is 0. The lowest BCUT2D eigenvalue weighted by Gasteiger charge is -2.31. The van der Waals surface area contributed by atoms with E-state index in [2.05, 4.69) is 36.7 Å². The van der Waals surface area contributed by atoms with E-state index in [1.54, 1.807) is 20.9 Å². The van der Waals surface area contributed by atoms with Gasteiger partial charge >= 0.3 is 0 Å². The Labute approximate surface area is 124 Å². The second kappa shape index (κ2) is 5.41. The number of unbranched alkanes of at least 4 members (excludes halogenated alkanes) is 2. The lowest BCUT2D eigenvalue weighted by atomic mass is 9.72. The largest absolute Gasteiger partial charge is 0.143 e. The fourth-order valence-electron chi connectivity index (χ4n) is 3.49. The third kappa shape index (κ3) is 2.00. The Morgan fingerprint density at radius 3 is 1.74 bits per heavy atom. The summed E-state index contributed by atoms with van der Waals surface area (Å²) >= 11 is 3.88. The van der Waals surface area contributed by atoms with Crippen LogP contribution in [0.4, 0.5) is 0 Å². The smallest absolute Gasteiger partial charge is 0.0486 e. The molecule has 0 aliphatic heterocycles. The maximum Gasteiger partial charge on any atom is 0.0486 e. The van der Waals surface area contributed by atoms with E-state index < -0.39 is 0 Å². The van der Waals surface area contributed by atoms with E-state index in [-0.39, 0.29) is 0 Å². The molecule has 0 amide bonds. The molecule has 2 heterocycles. The molecule has 0 nitrogen and oxygen atoms in total. The summed E-state index contributed by atoms with van der Waals surface area (Å²) in [5, 5.41) is 4.58. The summed E-state index contributed by atoms with van der Waals surface area (Å²) in [6, 6.07) is 4.80. The van der Waals surface area contributed by atoms with Crippen LogP contribution in [0.2, 0.25) is 0 Å². The molecule has 0 fully saturated rings. The van der Waals surface area contributed by atoms with Crippen LogP contribution in [0.15, 0.2) is 22.9 Å². The molecule has 0 aromatic carbocycles. The van der Waals surface area contributed by atoms with Crippen molar-refractivity contribution in [3.8, 4) is 9.75 Å². The van der Waals surface area contributed by atoms with Gasteiger partial charge in [-0.1, -0.05) is 39.5 Å². The molecular weight excluding hydrogens is 268 g/mol. The van der Waals surface area contributed by atoms with Gasteiger partial charge in [0.25, 0.3) is 0 Å². The highest BCUT2D eigenvalue weighted by Gasteiger charge is 2.43. The minimum Gasteiger partial charge on any atom is -0.143 e. The highest BCUT2D eigenvalue weighted by Crippen LogP contribution is 2.57. The molecule has 0 atom stereocenters. The SMILES string of the molecule is CCCCC1(CCCC)c2ccsc2-c2sccc21. The minimum absolute atomic E-state index is 0.344. The van der Waals surface area contributed by atoms with Gasteiger partial charge in [0.05, 0.1) is 0 Å². The van der Waals surface area contributed by atoms with Crippen LogP contribution < -0.4 is 0 Å². The number of hydrogen-bond acceptors (Lipinski definition) is 2. The zero-order valence-electron chi connectivity index (χ0n) is 11.9. The second-order valence-electron chi connectivity index (χ2n) is 5.62. The molecule has 3 rings (SSSR count). The van der Waals surface area contributed by atoms with Gasteiger partial charge in [0.15, 0.2) is 0 Å². The Balaban J connectivity index is 2.08. The van der Waals surface area contributed by atoms with Crippen LogP contribution in [0.5, 0.6) is 0 Å². The van der Waals surface area contributed by atoms with Crippen LogP contribution in [0, 0.1) is 0 Å². The van der Waals surface area contributed by atoms with E-state index in [1.807, 2.05) is 22.7 Å². The molecule has 0 saturated heterocycles. The summed E-state index contributed by atoms with van der Waals surface area (Å²) in [7, 11) is 0. The van der Waals surface area contributed by atoms with Gasteiger partial charge in [-0.2, -0.15) is 0 Å². The van der Waals surface area contributed by atoms with Gasteiger partial charge in [0.1, 0.15) is 0 Å². The summed E-state index contributed by atoms with van der Waals surface area (Å²) in [5.41, 5.74) is 3.62. The Morgan fingerprint density at radius 2 is 1.32 bits per heavy atom. The van der Waals surface area contributed by atoms with Gasteiger partial charge in [0, 0.05) is 15.2 Å². The monoisotopic (exact) mass is 290 g/mol. The topological polar surface area (TPSA) is 0 Å². The summed E-state index contributed by atoms with van der Waals surface area (Å²) in [4.78, 5) is 3.13. The van der Waals surface area contributed by atoms with Crippen molar-refractivity contribution < 1.29 is 0 Å². The summed E-state index contributed by atoms with van der Waals surface area (Å²) in [5.74, 6) is 0. The molecule has 0 bridgehead atoms. The van der Waals surface area contributed by atoms with E-state index >= 15 is 0 Å². The zero-order chi connectivity index (χ0) is 13.3. The highest BCUT2D eigenvalue weighted by molar-refractivity contribution is 7.21. The first kappa shape index (κ1) is 13.4. The third-order valence-corrected chi connectivity index (χ3v) is 6.48. The fourth-order valence-corrected chi connectivity index (χ4v) is 5.67. The molecular formula is C17H22S2. The van der Waals surface area contributed by atoms with E-state index in [1.165, 1.54) is 38.5 Å². The first-order valence-corrected chi connectivity index (χ1v) is 9.25. The number of rotatable bonds is 6. The maximum atomic E-state index is 2.40. The van der Waals surface area contributed by atoms with E-state index in [4.69, 9.17) is 0 Å². The maximum absolute atomic E-state index is 2.40. The van der Waals surface area contributed by atoms with Crippen LogP contribution in [-0.4, -0.2) is 0 Å². The second-order valence-corrected chi connectivity index (χ2v) is 7.45. The van der Waals surface area contributed by atoms with Gasteiger partial charge in [-0.15, -0.1) is 22.7 Å². The van der Waals surface area contributed by atoms with Crippen LogP contribution in [-0.2, 0) is 5.41 Å². The molecule has 2 aromatic heterocycles. The molecule has 19 heavy (non-hydrogen) atoms. The molecule has 1 aliphatic carbocycles. The quantitative estimate of drug-likeness (QED) is 0.573. The van der Waals surface area contributed by atoms with Crippen LogP contribution in [0.3, 0.4) is 0 Å². The normalized spacial score (nSPS) is 15.5. The summed E-state index contributed by atoms with van der Waals surface area (Å²) < 4.78 is 0. The average Bonchev–Trinajstić information content (AvgIpc) is 3.10. The molecule has 0 saturated carbocycles. The van der Waals surface area contributed by atoms with Crippen molar-refractivity contribution in [1.82, 2.24) is 0 Å². The first-order chi connectivity index (χ1) is 9.33. The molecule has 0 spiro atoms. The minimum atomic E-state index is 0.344. The van der Waals surface area contributed by atoms with Crippen molar-refractivity contribution in [3.63, 3.8) is 0 Å². The summed E-state index contributed by atoms with van der Waals surface area (Å²) in [6.07, 6.45) is 7.94. The Morgan fingerprint density at radius 1 is 0.842 bits per heavy atom. The Kier molecular flexibility index (Phi) is 3.81. The van der Waals surface area contributed by atoms with Crippen molar-refractivity contribution in [3.05, 3.63) is 34.0 Å². The van der Waals surface area contributed by atoms with E-state index in [9.17, 15) is 0 Å². The van der Waals surface area contributed by atoms with E-state index in [0.29, 0.717) is 5.41 Å². The van der Waals surface area contributed by atoms with Crippen LogP contribution in [0.1, 0.15) is 63.5 Å². The van der Waals surface area contributed by atoms with Crippen molar-refractivity contribution in [2.75, 3.05) is 0 Å². The molecule has 0 N–H and O–H groups in total. The van der Waals surface area contributed by atoms with Crippen LogP contribution in [0.25, 0.3) is 9.75 Å². The van der Waals surface area contributed by atoms with Gasteiger partial charge in [-0.25, -0.2) is 0 Å². The average molecular weight is 290 g/mol. The highest BCUT2D eigenvalue weighted by atomic mass is 32.1. The van der Waals surface area contributed by atoms with Gasteiger partial charge in [-0.3, -0.25) is 0 Å². The van der Waals surface area contributed by atoms with Gasteiger partial charge in [-0.05, 0) is 46.9 Å². The Hall–Kier alpha value is -0.600. The lowest BCUT2D eigenvalue weighted by Crippen LogP contribution is -2.24. The lowest BCUT2D eigenvalue weighted by molar-refractivity contribution is 0.415. The van der Waals surface area contributed by atoms with E-state index in [0.717, 1.165) is 0 Å². The zero-order valence-corrected chi connectivity index (χ0v) is 13.5. The van der Waals surface area contributed by atoms with Crippen LogP contribution >= 0.6 is 22.7 Å². The molecule has 2 aromatic rings. The van der Waals surface area contributed by atoms with Crippen molar-refractivity contribution in [2.45, 2.75) is 57.8 Å².